The van der Waals surface area contributed by atoms with Gasteiger partial charge in [0.05, 0.1) is 13.2 Å². The smallest absolute Gasteiger partial charge is 0.125 e. The Bertz CT molecular complexity index is 567. The zero-order chi connectivity index (χ0) is 14.5. The fourth-order valence-corrected chi connectivity index (χ4v) is 3.22. The predicted molar refractivity (Wildman–Crippen MR) is 84.6 cm³/mol. The molecule has 0 heterocycles. The third-order valence-corrected chi connectivity index (χ3v) is 4.37. The summed E-state index contributed by atoms with van der Waals surface area (Å²) in [4.78, 5) is 1.04. The fraction of sp³-hybridized carbons (Fsp3) is 0.250. The Balaban J connectivity index is 2.18. The average Bonchev–Trinajstić information content (AvgIpc) is 2.46. The van der Waals surface area contributed by atoms with Crippen LogP contribution < -0.4 is 4.74 Å². The highest BCUT2D eigenvalue weighted by Gasteiger charge is 2.14. The van der Waals surface area contributed by atoms with Crippen LogP contribution in [0.15, 0.2) is 47.4 Å². The first-order valence-electron chi connectivity index (χ1n) is 6.34. The van der Waals surface area contributed by atoms with E-state index in [1.165, 1.54) is 5.56 Å². The molecule has 0 fully saturated rings. The van der Waals surface area contributed by atoms with Crippen LogP contribution in [-0.2, 0) is 5.75 Å². The molecule has 106 valence electrons. The number of aliphatic hydroxyl groups is 1. The molecule has 0 amide bonds. The van der Waals surface area contributed by atoms with Crippen LogP contribution in [0, 0.1) is 0 Å². The summed E-state index contributed by atoms with van der Waals surface area (Å²) in [5.74, 6) is 1.55. The summed E-state index contributed by atoms with van der Waals surface area (Å²) in [6.07, 6.45) is -0.557. The maximum atomic E-state index is 9.94. The quantitative estimate of drug-likeness (QED) is 0.812. The van der Waals surface area contributed by atoms with Crippen LogP contribution in [0.2, 0.25) is 5.02 Å². The van der Waals surface area contributed by atoms with Crippen molar-refractivity contribution < 1.29 is 9.84 Å². The third-order valence-electron chi connectivity index (χ3n) is 2.97. The minimum atomic E-state index is -0.557. The van der Waals surface area contributed by atoms with Crippen molar-refractivity contribution >= 4 is 23.4 Å². The van der Waals surface area contributed by atoms with Crippen molar-refractivity contribution in [3.8, 4) is 5.75 Å². The summed E-state index contributed by atoms with van der Waals surface area (Å²) >= 11 is 7.56. The lowest BCUT2D eigenvalue weighted by atomic mass is 10.1. The Morgan fingerprint density at radius 2 is 1.90 bits per heavy atom. The molecule has 0 spiro atoms. The molecule has 0 aliphatic rings. The molecule has 1 unspecified atom stereocenters. The van der Waals surface area contributed by atoms with E-state index in [0.717, 1.165) is 27.0 Å². The van der Waals surface area contributed by atoms with Crippen LogP contribution in [0.3, 0.4) is 0 Å². The summed E-state index contributed by atoms with van der Waals surface area (Å²) in [5, 5.41) is 10.7. The van der Waals surface area contributed by atoms with E-state index in [-0.39, 0.29) is 0 Å². The number of rotatable bonds is 5. The van der Waals surface area contributed by atoms with Gasteiger partial charge in [-0.25, -0.2) is 0 Å². The number of halogens is 1. The number of ether oxygens (including phenoxy) is 1. The first kappa shape index (κ1) is 15.2. The SMILES string of the molecule is COc1cccc(SCc2ccc(Cl)cc2)c1C(C)O. The van der Waals surface area contributed by atoms with Gasteiger partial charge in [0.15, 0.2) is 0 Å². The highest BCUT2D eigenvalue weighted by Crippen LogP contribution is 2.36. The van der Waals surface area contributed by atoms with Crippen molar-refractivity contribution in [1.82, 2.24) is 0 Å². The highest BCUT2D eigenvalue weighted by molar-refractivity contribution is 7.98. The summed E-state index contributed by atoms with van der Waals surface area (Å²) in [6.45, 7) is 1.75. The van der Waals surface area contributed by atoms with Crippen molar-refractivity contribution in [3.63, 3.8) is 0 Å². The summed E-state index contributed by atoms with van der Waals surface area (Å²) in [6, 6.07) is 13.6. The first-order valence-corrected chi connectivity index (χ1v) is 7.70. The summed E-state index contributed by atoms with van der Waals surface area (Å²) < 4.78 is 5.32. The largest absolute Gasteiger partial charge is 0.496 e. The molecule has 0 bridgehead atoms. The molecule has 0 saturated carbocycles. The van der Waals surface area contributed by atoms with Gasteiger partial charge in [-0.05, 0) is 36.8 Å². The van der Waals surface area contributed by atoms with Gasteiger partial charge in [-0.1, -0.05) is 29.8 Å². The number of aliphatic hydroxyl groups excluding tert-OH is 1. The number of thioether (sulfide) groups is 1. The second-order valence-electron chi connectivity index (χ2n) is 4.46. The molecule has 0 radical (unpaired) electrons. The molecule has 0 aliphatic carbocycles. The van der Waals surface area contributed by atoms with Crippen molar-refractivity contribution in [2.24, 2.45) is 0 Å². The van der Waals surface area contributed by atoms with Crippen molar-refractivity contribution in [2.45, 2.75) is 23.7 Å². The molecule has 4 heteroatoms. The fourth-order valence-electron chi connectivity index (χ4n) is 1.98. The molecule has 0 aromatic heterocycles. The van der Waals surface area contributed by atoms with E-state index >= 15 is 0 Å². The Morgan fingerprint density at radius 1 is 1.20 bits per heavy atom. The van der Waals surface area contributed by atoms with Crippen LogP contribution in [0.4, 0.5) is 0 Å². The zero-order valence-corrected chi connectivity index (χ0v) is 13.0. The van der Waals surface area contributed by atoms with E-state index < -0.39 is 6.10 Å². The summed E-state index contributed by atoms with van der Waals surface area (Å²) in [7, 11) is 1.62. The van der Waals surface area contributed by atoms with E-state index in [1.54, 1.807) is 25.8 Å². The Kier molecular flexibility index (Phi) is 5.35. The van der Waals surface area contributed by atoms with Gasteiger partial charge in [-0.3, -0.25) is 0 Å². The molecule has 2 aromatic carbocycles. The van der Waals surface area contributed by atoms with Gasteiger partial charge >= 0.3 is 0 Å². The van der Waals surface area contributed by atoms with Crippen molar-refractivity contribution in [1.29, 1.82) is 0 Å². The number of hydrogen-bond donors (Lipinski definition) is 1. The van der Waals surface area contributed by atoms with Crippen molar-refractivity contribution in [2.75, 3.05) is 7.11 Å². The molecule has 1 atom stereocenters. The lowest BCUT2D eigenvalue weighted by molar-refractivity contribution is 0.191. The van der Waals surface area contributed by atoms with E-state index in [2.05, 4.69) is 0 Å². The maximum Gasteiger partial charge on any atom is 0.125 e. The van der Waals surface area contributed by atoms with Gasteiger partial charge < -0.3 is 9.84 Å². The molecular formula is C16H17ClO2S. The molecule has 20 heavy (non-hydrogen) atoms. The molecule has 1 N–H and O–H groups in total. The van der Waals surface area contributed by atoms with Gasteiger partial charge in [0, 0.05) is 21.2 Å². The van der Waals surface area contributed by atoms with Crippen LogP contribution in [-0.4, -0.2) is 12.2 Å². The average molecular weight is 309 g/mol. The number of methoxy groups -OCH3 is 1. The second-order valence-corrected chi connectivity index (χ2v) is 5.92. The Morgan fingerprint density at radius 3 is 2.50 bits per heavy atom. The van der Waals surface area contributed by atoms with Crippen LogP contribution in [0.5, 0.6) is 5.75 Å². The lowest BCUT2D eigenvalue weighted by Crippen LogP contribution is -1.99. The van der Waals surface area contributed by atoms with Gasteiger partial charge in [0.1, 0.15) is 5.75 Å². The minimum absolute atomic E-state index is 0.557. The van der Waals surface area contributed by atoms with Crippen LogP contribution in [0.25, 0.3) is 0 Å². The first-order chi connectivity index (χ1) is 9.61. The lowest BCUT2D eigenvalue weighted by Gasteiger charge is -2.15. The van der Waals surface area contributed by atoms with E-state index in [4.69, 9.17) is 16.3 Å². The van der Waals surface area contributed by atoms with E-state index in [0.29, 0.717) is 0 Å². The molecule has 2 rings (SSSR count). The predicted octanol–water partition coefficient (Wildman–Crippen LogP) is 4.69. The van der Waals surface area contributed by atoms with E-state index in [9.17, 15) is 5.11 Å². The van der Waals surface area contributed by atoms with Gasteiger partial charge in [-0.2, -0.15) is 0 Å². The monoisotopic (exact) mass is 308 g/mol. The van der Waals surface area contributed by atoms with Crippen LogP contribution in [0.1, 0.15) is 24.2 Å². The third kappa shape index (κ3) is 3.69. The summed E-state index contributed by atoms with van der Waals surface area (Å²) in [5.41, 5.74) is 2.03. The molecule has 0 saturated heterocycles. The number of hydrogen-bond acceptors (Lipinski definition) is 3. The molecule has 2 aromatic rings. The second kappa shape index (κ2) is 7.02. The van der Waals surface area contributed by atoms with Gasteiger partial charge in [-0.15, -0.1) is 11.8 Å². The minimum Gasteiger partial charge on any atom is -0.496 e. The maximum absolute atomic E-state index is 9.94. The standard InChI is InChI=1S/C16H17ClO2S/c1-11(18)16-14(19-2)4-3-5-15(16)20-10-12-6-8-13(17)9-7-12/h3-9,11,18H,10H2,1-2H3. The molecule has 2 nitrogen and oxygen atoms in total. The molecular weight excluding hydrogens is 292 g/mol. The van der Waals surface area contributed by atoms with E-state index in [1.807, 2.05) is 42.5 Å². The van der Waals surface area contributed by atoms with Gasteiger partial charge in [0.25, 0.3) is 0 Å². The Hall–Kier alpha value is -1.16. The zero-order valence-electron chi connectivity index (χ0n) is 11.5. The Labute approximate surface area is 128 Å². The van der Waals surface area contributed by atoms with Crippen molar-refractivity contribution in [3.05, 3.63) is 58.6 Å². The number of benzene rings is 2. The molecule has 0 aliphatic heterocycles. The van der Waals surface area contributed by atoms with Crippen LogP contribution >= 0.6 is 23.4 Å². The highest BCUT2D eigenvalue weighted by atomic mass is 35.5. The van der Waals surface area contributed by atoms with Gasteiger partial charge in [0.2, 0.25) is 0 Å². The normalized spacial score (nSPS) is 12.2. The topological polar surface area (TPSA) is 29.5 Å².